The van der Waals surface area contributed by atoms with Gasteiger partial charge in [-0.2, -0.15) is 0 Å². The summed E-state index contributed by atoms with van der Waals surface area (Å²) in [5.41, 5.74) is 1.62. The minimum Gasteiger partial charge on any atom is -0.379 e. The maximum Gasteiger partial charge on any atom is 0.276 e. The molecular formula is C18H21N5O3. The molecule has 3 aromatic heterocycles. The molecule has 8 heteroatoms. The number of carbonyl (C=O) groups excluding carboxylic acids is 1. The third-order valence-electron chi connectivity index (χ3n) is 4.65. The first-order chi connectivity index (χ1) is 12.7. The summed E-state index contributed by atoms with van der Waals surface area (Å²) in [7, 11) is 0. The van der Waals surface area contributed by atoms with E-state index in [1.807, 2.05) is 24.4 Å². The molecule has 136 valence electrons. The molecule has 0 aliphatic carbocycles. The fourth-order valence-electron chi connectivity index (χ4n) is 3.31. The van der Waals surface area contributed by atoms with Crippen LogP contribution in [-0.4, -0.2) is 64.2 Å². The Morgan fingerprint density at radius 2 is 2.00 bits per heavy atom. The number of fused-ring (bicyclic) bond motifs is 3. The van der Waals surface area contributed by atoms with Crippen molar-refractivity contribution in [3.63, 3.8) is 0 Å². The largest absolute Gasteiger partial charge is 0.379 e. The van der Waals surface area contributed by atoms with Gasteiger partial charge < -0.3 is 14.5 Å². The highest BCUT2D eigenvalue weighted by molar-refractivity contribution is 5.80. The van der Waals surface area contributed by atoms with Gasteiger partial charge in [0.1, 0.15) is 12.1 Å². The first-order valence-corrected chi connectivity index (χ1v) is 8.75. The molecule has 0 atom stereocenters. The lowest BCUT2D eigenvalue weighted by molar-refractivity contribution is -0.121. The van der Waals surface area contributed by atoms with Gasteiger partial charge >= 0.3 is 0 Å². The van der Waals surface area contributed by atoms with E-state index in [4.69, 9.17) is 4.74 Å². The molecular weight excluding hydrogens is 334 g/mol. The second-order valence-corrected chi connectivity index (χ2v) is 6.30. The van der Waals surface area contributed by atoms with E-state index in [0.29, 0.717) is 17.7 Å². The average molecular weight is 355 g/mol. The van der Waals surface area contributed by atoms with Crippen molar-refractivity contribution in [2.45, 2.75) is 6.54 Å². The highest BCUT2D eigenvalue weighted by Crippen LogP contribution is 2.12. The molecule has 0 saturated carbocycles. The monoisotopic (exact) mass is 355 g/mol. The zero-order valence-electron chi connectivity index (χ0n) is 14.4. The van der Waals surface area contributed by atoms with Crippen molar-refractivity contribution < 1.29 is 9.53 Å². The van der Waals surface area contributed by atoms with Crippen LogP contribution >= 0.6 is 0 Å². The van der Waals surface area contributed by atoms with E-state index < -0.39 is 0 Å². The molecule has 1 aliphatic rings. The van der Waals surface area contributed by atoms with E-state index >= 15 is 0 Å². The van der Waals surface area contributed by atoms with Crippen LogP contribution in [0.1, 0.15) is 0 Å². The smallest absolute Gasteiger partial charge is 0.276 e. The summed E-state index contributed by atoms with van der Waals surface area (Å²) in [6.45, 7) is 4.52. The number of rotatable bonds is 5. The fraction of sp³-hybridized carbons (Fsp3) is 0.389. The number of hydrogen-bond acceptors (Lipinski definition) is 5. The van der Waals surface area contributed by atoms with Gasteiger partial charge in [0.25, 0.3) is 5.56 Å². The van der Waals surface area contributed by atoms with Crippen LogP contribution in [0.2, 0.25) is 0 Å². The molecule has 8 nitrogen and oxygen atoms in total. The van der Waals surface area contributed by atoms with E-state index in [0.717, 1.165) is 38.4 Å². The summed E-state index contributed by atoms with van der Waals surface area (Å²) in [5, 5.41) is 2.90. The Bertz CT molecular complexity index is 987. The SMILES string of the molecule is O=C(Cn1c(=O)c2cccn2c2cccnc21)NCCN1CCOCC1. The van der Waals surface area contributed by atoms with Crippen molar-refractivity contribution in [2.24, 2.45) is 0 Å². The van der Waals surface area contributed by atoms with E-state index in [1.165, 1.54) is 4.57 Å². The zero-order chi connectivity index (χ0) is 17.9. The summed E-state index contributed by atoms with van der Waals surface area (Å²) in [5.74, 6) is -0.191. The van der Waals surface area contributed by atoms with Crippen molar-refractivity contribution in [1.29, 1.82) is 0 Å². The molecule has 1 saturated heterocycles. The molecule has 4 heterocycles. The topological polar surface area (TPSA) is 80.9 Å². The van der Waals surface area contributed by atoms with Crippen molar-refractivity contribution in [1.82, 2.24) is 24.2 Å². The lowest BCUT2D eigenvalue weighted by Crippen LogP contribution is -2.42. The number of nitrogens with one attached hydrogen (secondary N) is 1. The van der Waals surface area contributed by atoms with E-state index in [2.05, 4.69) is 15.2 Å². The van der Waals surface area contributed by atoms with Gasteiger partial charge in [-0.1, -0.05) is 0 Å². The highest BCUT2D eigenvalue weighted by Gasteiger charge is 2.14. The number of aromatic nitrogens is 3. The Hall–Kier alpha value is -2.71. The molecule has 1 amide bonds. The van der Waals surface area contributed by atoms with Gasteiger partial charge in [0.15, 0.2) is 5.65 Å². The van der Waals surface area contributed by atoms with E-state index in [1.54, 1.807) is 16.7 Å². The number of amides is 1. The second kappa shape index (κ2) is 7.27. The van der Waals surface area contributed by atoms with Crippen molar-refractivity contribution in [2.75, 3.05) is 39.4 Å². The van der Waals surface area contributed by atoms with Crippen LogP contribution in [0.15, 0.2) is 41.5 Å². The Morgan fingerprint density at radius 3 is 2.85 bits per heavy atom. The van der Waals surface area contributed by atoms with Gasteiger partial charge in [-0.05, 0) is 24.3 Å². The minimum absolute atomic E-state index is 0.0445. The molecule has 0 unspecified atom stereocenters. The van der Waals surface area contributed by atoms with Crippen molar-refractivity contribution >= 4 is 22.6 Å². The molecule has 0 spiro atoms. The highest BCUT2D eigenvalue weighted by atomic mass is 16.5. The quantitative estimate of drug-likeness (QED) is 0.702. The number of pyridine rings is 1. The average Bonchev–Trinajstić information content (AvgIpc) is 3.16. The first-order valence-electron chi connectivity index (χ1n) is 8.75. The van der Waals surface area contributed by atoms with Gasteiger partial charge in [0.05, 0.1) is 18.7 Å². The third kappa shape index (κ3) is 3.21. The van der Waals surface area contributed by atoms with Gasteiger partial charge in [0.2, 0.25) is 5.91 Å². The number of ether oxygens (including phenoxy) is 1. The van der Waals surface area contributed by atoms with Crippen molar-refractivity contribution in [3.8, 4) is 0 Å². The third-order valence-corrected chi connectivity index (χ3v) is 4.65. The number of hydrogen-bond donors (Lipinski definition) is 1. The lowest BCUT2D eigenvalue weighted by atomic mass is 10.3. The molecule has 3 aromatic rings. The van der Waals surface area contributed by atoms with Crippen LogP contribution in [-0.2, 0) is 16.1 Å². The number of nitrogens with zero attached hydrogens (tertiary/aromatic N) is 4. The summed E-state index contributed by atoms with van der Waals surface area (Å²) in [6, 6.07) is 7.28. The molecule has 1 N–H and O–H groups in total. The van der Waals surface area contributed by atoms with Crippen LogP contribution in [0.25, 0.3) is 16.7 Å². The zero-order valence-corrected chi connectivity index (χ0v) is 14.4. The number of carbonyl (C=O) groups is 1. The predicted octanol–water partition coefficient (Wildman–Crippen LogP) is 0.0976. The standard InChI is InChI=1S/C18H21N5O3/c24-16(19-6-8-21-9-11-26-12-10-21)13-23-17-14(3-1-5-20-17)22-7-2-4-15(22)18(23)25/h1-5,7H,6,8-13H2,(H,19,24). The Kier molecular flexibility index (Phi) is 4.68. The van der Waals surface area contributed by atoms with E-state index in [-0.39, 0.29) is 18.0 Å². The normalized spacial score (nSPS) is 15.5. The maximum atomic E-state index is 12.8. The summed E-state index contributed by atoms with van der Waals surface area (Å²) < 4.78 is 8.55. The molecule has 0 aromatic carbocycles. The van der Waals surface area contributed by atoms with Gasteiger partial charge in [0, 0.05) is 38.6 Å². The van der Waals surface area contributed by atoms with Crippen LogP contribution in [0.5, 0.6) is 0 Å². The number of morpholine rings is 1. The molecule has 26 heavy (non-hydrogen) atoms. The summed E-state index contributed by atoms with van der Waals surface area (Å²) >= 11 is 0. The molecule has 1 fully saturated rings. The van der Waals surface area contributed by atoms with Crippen LogP contribution in [0.3, 0.4) is 0 Å². The Balaban J connectivity index is 1.51. The van der Waals surface area contributed by atoms with E-state index in [9.17, 15) is 9.59 Å². The Labute approximate surface area is 150 Å². The molecule has 1 aliphatic heterocycles. The molecule has 0 bridgehead atoms. The lowest BCUT2D eigenvalue weighted by Gasteiger charge is -2.26. The van der Waals surface area contributed by atoms with Crippen LogP contribution in [0.4, 0.5) is 0 Å². The first kappa shape index (κ1) is 16.7. The van der Waals surface area contributed by atoms with Gasteiger partial charge in [-0.3, -0.25) is 19.1 Å². The second-order valence-electron chi connectivity index (χ2n) is 6.30. The maximum absolute atomic E-state index is 12.8. The predicted molar refractivity (Wildman–Crippen MR) is 97.2 cm³/mol. The molecule has 4 rings (SSSR count). The van der Waals surface area contributed by atoms with Gasteiger partial charge in [-0.25, -0.2) is 4.98 Å². The van der Waals surface area contributed by atoms with Gasteiger partial charge in [-0.15, -0.1) is 0 Å². The molecule has 0 radical (unpaired) electrons. The summed E-state index contributed by atoms with van der Waals surface area (Å²) in [6.07, 6.45) is 3.46. The Morgan fingerprint density at radius 1 is 1.19 bits per heavy atom. The van der Waals surface area contributed by atoms with Crippen LogP contribution < -0.4 is 10.9 Å². The summed E-state index contributed by atoms with van der Waals surface area (Å²) in [4.78, 5) is 31.7. The van der Waals surface area contributed by atoms with Crippen LogP contribution in [0, 0.1) is 0 Å². The fourth-order valence-corrected chi connectivity index (χ4v) is 3.31. The minimum atomic E-state index is -0.218. The van der Waals surface area contributed by atoms with Crippen molar-refractivity contribution in [3.05, 3.63) is 47.0 Å².